The molecule has 0 aromatic heterocycles. The molecule has 0 atom stereocenters. The van der Waals surface area contributed by atoms with Crippen molar-refractivity contribution in [2.45, 2.75) is 19.8 Å². The summed E-state index contributed by atoms with van der Waals surface area (Å²) in [5.41, 5.74) is 1.03. The number of hydrogen-bond donors (Lipinski definition) is 0. The van der Waals surface area contributed by atoms with Crippen molar-refractivity contribution in [2.75, 3.05) is 18.6 Å². The number of carbonyl (C=O) groups excluding carboxylic acids is 1. The molecule has 94 valence electrons. The van der Waals surface area contributed by atoms with Gasteiger partial charge in [-0.15, -0.1) is 0 Å². The number of carbonyl (C=O) groups is 1. The molecule has 0 spiro atoms. The Kier molecular flexibility index (Phi) is 6.66. The lowest BCUT2D eigenvalue weighted by Gasteiger charge is -2.06. The molecule has 0 aliphatic rings. The predicted octanol–water partition coefficient (Wildman–Crippen LogP) is 3.71. The zero-order chi connectivity index (χ0) is 12.7. The zero-order valence-corrected chi connectivity index (χ0v) is 12.6. The van der Waals surface area contributed by atoms with E-state index in [1.165, 1.54) is 0 Å². The summed E-state index contributed by atoms with van der Waals surface area (Å²) in [7, 11) is 1.63. The van der Waals surface area contributed by atoms with Crippen molar-refractivity contribution in [3.8, 4) is 5.75 Å². The first kappa shape index (κ1) is 14.6. The number of ether oxygens (including phenoxy) is 1. The first-order valence-electron chi connectivity index (χ1n) is 5.59. The van der Waals surface area contributed by atoms with Crippen LogP contribution in [0.15, 0.2) is 22.7 Å². The van der Waals surface area contributed by atoms with Gasteiger partial charge in [-0.25, -0.2) is 0 Å². The monoisotopic (exact) mass is 316 g/mol. The molecular formula is C13H17BrO2S. The van der Waals surface area contributed by atoms with Crippen molar-refractivity contribution < 1.29 is 9.53 Å². The van der Waals surface area contributed by atoms with Gasteiger partial charge in [0.1, 0.15) is 11.5 Å². The second kappa shape index (κ2) is 7.77. The molecule has 1 aromatic carbocycles. The minimum Gasteiger partial charge on any atom is -0.496 e. The number of hydrogen-bond acceptors (Lipinski definition) is 3. The van der Waals surface area contributed by atoms with Gasteiger partial charge in [0.05, 0.1) is 17.3 Å². The quantitative estimate of drug-likeness (QED) is 0.717. The van der Waals surface area contributed by atoms with Crippen molar-refractivity contribution in [2.24, 2.45) is 0 Å². The number of Topliss-reactive ketones (excluding diaryl/α,β-unsaturated/α-hetero) is 1. The molecule has 0 heterocycles. The Bertz CT molecular complexity index is 380. The van der Waals surface area contributed by atoms with E-state index in [1.807, 2.05) is 18.2 Å². The summed E-state index contributed by atoms with van der Waals surface area (Å²) in [6.45, 7) is 2.12. The van der Waals surface area contributed by atoms with E-state index in [-0.39, 0.29) is 5.78 Å². The Morgan fingerprint density at radius 2 is 2.24 bits per heavy atom. The predicted molar refractivity (Wildman–Crippen MR) is 77.0 cm³/mol. The number of methoxy groups -OCH3 is 1. The topological polar surface area (TPSA) is 26.3 Å². The summed E-state index contributed by atoms with van der Waals surface area (Å²) >= 11 is 5.13. The van der Waals surface area contributed by atoms with Gasteiger partial charge in [0.15, 0.2) is 0 Å². The van der Waals surface area contributed by atoms with Crippen LogP contribution < -0.4 is 4.74 Å². The first-order valence-corrected chi connectivity index (χ1v) is 7.54. The highest BCUT2D eigenvalue weighted by Gasteiger charge is 2.06. The SMILES string of the molecule is CCCSCC(=O)Cc1ccc(OC)c(Br)c1. The van der Waals surface area contributed by atoms with Crippen molar-refractivity contribution in [3.63, 3.8) is 0 Å². The molecule has 0 N–H and O–H groups in total. The minimum absolute atomic E-state index is 0.278. The van der Waals surface area contributed by atoms with E-state index >= 15 is 0 Å². The highest BCUT2D eigenvalue weighted by Crippen LogP contribution is 2.25. The third-order valence-corrected chi connectivity index (χ3v) is 4.07. The lowest BCUT2D eigenvalue weighted by Crippen LogP contribution is -2.06. The van der Waals surface area contributed by atoms with Crippen LogP contribution in [0.1, 0.15) is 18.9 Å². The maximum atomic E-state index is 11.7. The maximum absolute atomic E-state index is 11.7. The second-order valence-corrected chi connectivity index (χ2v) is 5.70. The van der Waals surface area contributed by atoms with E-state index in [2.05, 4.69) is 22.9 Å². The fourth-order valence-corrected chi connectivity index (χ4v) is 2.78. The first-order chi connectivity index (χ1) is 8.17. The van der Waals surface area contributed by atoms with Crippen LogP contribution in [-0.4, -0.2) is 24.4 Å². The highest BCUT2D eigenvalue weighted by atomic mass is 79.9. The highest BCUT2D eigenvalue weighted by molar-refractivity contribution is 9.10. The van der Waals surface area contributed by atoms with Crippen LogP contribution in [0.2, 0.25) is 0 Å². The van der Waals surface area contributed by atoms with Crippen LogP contribution in [0.3, 0.4) is 0 Å². The molecule has 0 unspecified atom stereocenters. The average Bonchev–Trinajstić information content (AvgIpc) is 2.29. The summed E-state index contributed by atoms with van der Waals surface area (Å²) in [4.78, 5) is 11.7. The Morgan fingerprint density at radius 1 is 1.47 bits per heavy atom. The average molecular weight is 317 g/mol. The van der Waals surface area contributed by atoms with Gasteiger partial charge in [0.2, 0.25) is 0 Å². The third kappa shape index (κ3) is 5.13. The minimum atomic E-state index is 0.278. The van der Waals surface area contributed by atoms with E-state index in [9.17, 15) is 4.79 Å². The molecule has 0 bridgehead atoms. The number of thioether (sulfide) groups is 1. The maximum Gasteiger partial charge on any atom is 0.147 e. The van der Waals surface area contributed by atoms with E-state index in [4.69, 9.17) is 4.74 Å². The lowest BCUT2D eigenvalue weighted by atomic mass is 10.1. The van der Waals surface area contributed by atoms with Gasteiger partial charge in [0, 0.05) is 6.42 Å². The molecule has 1 aromatic rings. The van der Waals surface area contributed by atoms with Crippen molar-refractivity contribution in [1.29, 1.82) is 0 Å². The lowest BCUT2D eigenvalue weighted by molar-refractivity contribution is -0.116. The van der Waals surface area contributed by atoms with Gasteiger partial charge >= 0.3 is 0 Å². The van der Waals surface area contributed by atoms with E-state index in [0.29, 0.717) is 12.2 Å². The molecule has 0 aliphatic carbocycles. The Labute approximate surface area is 115 Å². The largest absolute Gasteiger partial charge is 0.496 e. The molecule has 0 radical (unpaired) electrons. The van der Waals surface area contributed by atoms with Crippen LogP contribution in [0.4, 0.5) is 0 Å². The van der Waals surface area contributed by atoms with E-state index in [0.717, 1.165) is 28.0 Å². The Hall–Kier alpha value is -0.480. The fraction of sp³-hybridized carbons (Fsp3) is 0.462. The fourth-order valence-electron chi connectivity index (χ4n) is 1.43. The zero-order valence-electron chi connectivity index (χ0n) is 10.2. The van der Waals surface area contributed by atoms with Gasteiger partial charge in [0.25, 0.3) is 0 Å². The van der Waals surface area contributed by atoms with Crippen LogP contribution in [0, 0.1) is 0 Å². The molecule has 0 saturated heterocycles. The molecule has 0 fully saturated rings. The summed E-state index contributed by atoms with van der Waals surface area (Å²) in [6, 6.07) is 5.76. The van der Waals surface area contributed by atoms with Crippen LogP contribution in [-0.2, 0) is 11.2 Å². The standard InChI is InChI=1S/C13H17BrO2S/c1-3-6-17-9-11(15)7-10-4-5-13(16-2)12(14)8-10/h4-5,8H,3,6-7,9H2,1-2H3. The smallest absolute Gasteiger partial charge is 0.147 e. The van der Waals surface area contributed by atoms with Crippen molar-refractivity contribution in [3.05, 3.63) is 28.2 Å². The molecule has 4 heteroatoms. The number of rotatable bonds is 7. The summed E-state index contributed by atoms with van der Waals surface area (Å²) in [6.07, 6.45) is 1.62. The number of halogens is 1. The van der Waals surface area contributed by atoms with Gasteiger partial charge in [-0.1, -0.05) is 13.0 Å². The molecule has 0 saturated carbocycles. The normalized spacial score (nSPS) is 10.3. The summed E-state index contributed by atoms with van der Waals surface area (Å²) in [5, 5.41) is 0. The van der Waals surface area contributed by atoms with Crippen LogP contribution >= 0.6 is 27.7 Å². The van der Waals surface area contributed by atoms with Gasteiger partial charge < -0.3 is 4.74 Å². The number of benzene rings is 1. The van der Waals surface area contributed by atoms with Gasteiger partial charge in [-0.05, 0) is 45.8 Å². The summed E-state index contributed by atoms with van der Waals surface area (Å²) < 4.78 is 6.04. The summed E-state index contributed by atoms with van der Waals surface area (Å²) in [5.74, 6) is 2.73. The molecule has 0 aliphatic heterocycles. The van der Waals surface area contributed by atoms with E-state index in [1.54, 1.807) is 18.9 Å². The third-order valence-electron chi connectivity index (χ3n) is 2.23. The van der Waals surface area contributed by atoms with Crippen molar-refractivity contribution >= 4 is 33.5 Å². The Balaban J connectivity index is 2.51. The Morgan fingerprint density at radius 3 is 2.82 bits per heavy atom. The second-order valence-electron chi connectivity index (χ2n) is 3.74. The van der Waals surface area contributed by atoms with Crippen LogP contribution in [0.25, 0.3) is 0 Å². The van der Waals surface area contributed by atoms with Gasteiger partial charge in [-0.2, -0.15) is 11.8 Å². The van der Waals surface area contributed by atoms with Crippen LogP contribution in [0.5, 0.6) is 5.75 Å². The van der Waals surface area contributed by atoms with Gasteiger partial charge in [-0.3, -0.25) is 4.79 Å². The molecule has 1 rings (SSSR count). The molecule has 2 nitrogen and oxygen atoms in total. The molecular weight excluding hydrogens is 300 g/mol. The molecule has 17 heavy (non-hydrogen) atoms. The number of ketones is 1. The van der Waals surface area contributed by atoms with E-state index < -0.39 is 0 Å². The van der Waals surface area contributed by atoms with Crippen molar-refractivity contribution in [1.82, 2.24) is 0 Å². The molecule has 0 amide bonds.